The van der Waals surface area contributed by atoms with Crippen molar-refractivity contribution in [1.29, 1.82) is 0 Å². The van der Waals surface area contributed by atoms with E-state index in [1.165, 1.54) is 12.0 Å². The number of hydrogen-bond donors (Lipinski definition) is 0. The first-order valence-electron chi connectivity index (χ1n) is 5.91. The quantitative estimate of drug-likeness (QED) is 0.599. The largest absolute Gasteiger partial charge is 0.300 e. The lowest BCUT2D eigenvalue weighted by Gasteiger charge is -2.42. The minimum absolute atomic E-state index is 0.143. The van der Waals surface area contributed by atoms with Crippen molar-refractivity contribution in [3.63, 3.8) is 0 Å². The molecule has 0 radical (unpaired) electrons. The van der Waals surface area contributed by atoms with E-state index >= 15 is 0 Å². The number of fused-ring (bicyclic) bond motifs is 2. The molecule has 0 aromatic heterocycles. The summed E-state index contributed by atoms with van der Waals surface area (Å²) < 4.78 is 0. The van der Waals surface area contributed by atoms with Crippen LogP contribution < -0.4 is 0 Å². The van der Waals surface area contributed by atoms with E-state index in [0.717, 1.165) is 0 Å². The van der Waals surface area contributed by atoms with Gasteiger partial charge in [-0.1, -0.05) is 31.9 Å². The fourth-order valence-corrected chi connectivity index (χ4v) is 4.59. The van der Waals surface area contributed by atoms with Crippen LogP contribution in [0.4, 0.5) is 0 Å². The number of ketones is 1. The SMILES string of the molecule is CC(=O)C1C2(C)CC(C(C)=C2C)C1(C)C. The lowest BCUT2D eigenvalue weighted by atomic mass is 9.61. The predicted molar refractivity (Wildman–Crippen MR) is 62.5 cm³/mol. The van der Waals surface area contributed by atoms with Crippen LogP contribution in [0.1, 0.15) is 48.0 Å². The second-order valence-electron chi connectivity index (χ2n) is 6.35. The van der Waals surface area contributed by atoms with Crippen molar-refractivity contribution in [3.8, 4) is 0 Å². The predicted octanol–water partition coefficient (Wildman–Crippen LogP) is 3.59. The third-order valence-corrected chi connectivity index (χ3v) is 5.28. The molecule has 0 N–H and O–H groups in total. The summed E-state index contributed by atoms with van der Waals surface area (Å²) in [5, 5.41) is 0. The van der Waals surface area contributed by atoms with Gasteiger partial charge in [0.05, 0.1) is 0 Å². The summed E-state index contributed by atoms with van der Waals surface area (Å²) in [6, 6.07) is 0. The maximum Gasteiger partial charge on any atom is 0.134 e. The van der Waals surface area contributed by atoms with Gasteiger partial charge in [0.25, 0.3) is 0 Å². The molecular formula is C14H22O. The Morgan fingerprint density at radius 3 is 2.20 bits per heavy atom. The van der Waals surface area contributed by atoms with E-state index in [4.69, 9.17) is 0 Å². The molecule has 0 aromatic carbocycles. The van der Waals surface area contributed by atoms with Gasteiger partial charge in [-0.25, -0.2) is 0 Å². The first-order chi connectivity index (χ1) is 6.73. The normalized spacial score (nSPS) is 42.5. The van der Waals surface area contributed by atoms with Crippen molar-refractivity contribution in [2.24, 2.45) is 22.7 Å². The second-order valence-corrected chi connectivity index (χ2v) is 6.35. The van der Waals surface area contributed by atoms with Crippen molar-refractivity contribution >= 4 is 5.78 Å². The smallest absolute Gasteiger partial charge is 0.134 e. The van der Waals surface area contributed by atoms with Crippen LogP contribution in [0.15, 0.2) is 11.1 Å². The first-order valence-corrected chi connectivity index (χ1v) is 5.91. The van der Waals surface area contributed by atoms with Gasteiger partial charge < -0.3 is 0 Å². The zero-order valence-corrected chi connectivity index (χ0v) is 10.8. The lowest BCUT2D eigenvalue weighted by molar-refractivity contribution is -0.126. The Morgan fingerprint density at radius 1 is 1.27 bits per heavy atom. The summed E-state index contributed by atoms with van der Waals surface area (Å²) in [5.74, 6) is 1.21. The van der Waals surface area contributed by atoms with Gasteiger partial charge in [0.1, 0.15) is 5.78 Å². The molecule has 15 heavy (non-hydrogen) atoms. The zero-order valence-electron chi connectivity index (χ0n) is 10.8. The van der Waals surface area contributed by atoms with Crippen LogP contribution in [0.5, 0.6) is 0 Å². The molecule has 2 aliphatic carbocycles. The molecule has 0 amide bonds. The molecule has 1 nitrogen and oxygen atoms in total. The van der Waals surface area contributed by atoms with Crippen LogP contribution in [0.2, 0.25) is 0 Å². The summed E-state index contributed by atoms with van der Waals surface area (Å²) in [6.45, 7) is 13.1. The van der Waals surface area contributed by atoms with E-state index in [0.29, 0.717) is 11.7 Å². The molecule has 2 rings (SSSR count). The molecule has 1 saturated carbocycles. The Hall–Kier alpha value is -0.590. The summed E-state index contributed by atoms with van der Waals surface area (Å²) in [6.07, 6.45) is 1.18. The van der Waals surface area contributed by atoms with Crippen LogP contribution in [-0.2, 0) is 4.79 Å². The van der Waals surface area contributed by atoms with E-state index in [9.17, 15) is 4.79 Å². The number of carbonyl (C=O) groups excluding carboxylic acids is 1. The molecule has 0 spiro atoms. The van der Waals surface area contributed by atoms with Crippen LogP contribution >= 0.6 is 0 Å². The van der Waals surface area contributed by atoms with Gasteiger partial charge in [-0.3, -0.25) is 4.79 Å². The fraction of sp³-hybridized carbons (Fsp3) is 0.786. The van der Waals surface area contributed by atoms with Crippen molar-refractivity contribution in [1.82, 2.24) is 0 Å². The molecule has 0 aromatic rings. The molecule has 0 aliphatic heterocycles. The molecule has 84 valence electrons. The molecule has 0 heterocycles. The Balaban J connectivity index is 2.58. The monoisotopic (exact) mass is 206 g/mol. The minimum atomic E-state index is 0.143. The van der Waals surface area contributed by atoms with Crippen molar-refractivity contribution < 1.29 is 4.79 Å². The lowest BCUT2D eigenvalue weighted by Crippen LogP contribution is -2.40. The van der Waals surface area contributed by atoms with Crippen LogP contribution in [0.25, 0.3) is 0 Å². The number of rotatable bonds is 1. The van der Waals surface area contributed by atoms with E-state index in [1.54, 1.807) is 12.5 Å². The molecule has 2 aliphatic rings. The van der Waals surface area contributed by atoms with Gasteiger partial charge in [-0.2, -0.15) is 0 Å². The summed E-state index contributed by atoms with van der Waals surface area (Å²) >= 11 is 0. The molecular weight excluding hydrogens is 184 g/mol. The average molecular weight is 206 g/mol. The minimum Gasteiger partial charge on any atom is -0.300 e. The third-order valence-electron chi connectivity index (χ3n) is 5.28. The van der Waals surface area contributed by atoms with Gasteiger partial charge in [0, 0.05) is 5.92 Å². The van der Waals surface area contributed by atoms with Crippen LogP contribution in [0.3, 0.4) is 0 Å². The Morgan fingerprint density at radius 2 is 1.80 bits per heavy atom. The second kappa shape index (κ2) is 2.75. The van der Waals surface area contributed by atoms with Gasteiger partial charge in [0.15, 0.2) is 0 Å². The number of Topliss-reactive ketones (excluding diaryl/α,β-unsaturated/α-hetero) is 1. The van der Waals surface area contributed by atoms with E-state index in [2.05, 4.69) is 34.6 Å². The molecule has 3 atom stereocenters. The fourth-order valence-electron chi connectivity index (χ4n) is 4.59. The topological polar surface area (TPSA) is 17.1 Å². The molecule has 3 unspecified atom stereocenters. The average Bonchev–Trinajstić information content (AvgIpc) is 2.42. The van der Waals surface area contributed by atoms with E-state index in [-0.39, 0.29) is 16.7 Å². The summed E-state index contributed by atoms with van der Waals surface area (Å²) in [4.78, 5) is 11.9. The maximum atomic E-state index is 11.9. The standard InChI is InChI=1S/C14H22O/c1-8-9(2)14(6)7-11(8)13(4,5)12(14)10(3)15/h11-12H,7H2,1-6H3. The van der Waals surface area contributed by atoms with Gasteiger partial charge in [0.2, 0.25) is 0 Å². The highest BCUT2D eigenvalue weighted by atomic mass is 16.1. The van der Waals surface area contributed by atoms with Crippen molar-refractivity contribution in [2.45, 2.75) is 48.0 Å². The molecule has 0 saturated heterocycles. The Bertz CT molecular complexity index is 362. The molecule has 1 fully saturated rings. The third kappa shape index (κ3) is 1.07. The maximum absolute atomic E-state index is 11.9. The Kier molecular flexibility index (Phi) is 2.00. The molecule has 1 heteroatoms. The summed E-state index contributed by atoms with van der Waals surface area (Å²) in [7, 11) is 0. The highest BCUT2D eigenvalue weighted by Gasteiger charge is 2.62. The van der Waals surface area contributed by atoms with Crippen molar-refractivity contribution in [3.05, 3.63) is 11.1 Å². The highest BCUT2D eigenvalue weighted by Crippen LogP contribution is 2.67. The van der Waals surface area contributed by atoms with Crippen molar-refractivity contribution in [2.75, 3.05) is 0 Å². The van der Waals surface area contributed by atoms with E-state index in [1.807, 2.05) is 0 Å². The van der Waals surface area contributed by atoms with Gasteiger partial charge in [-0.05, 0) is 43.9 Å². The number of hydrogen-bond acceptors (Lipinski definition) is 1. The Labute approximate surface area is 92.9 Å². The number of allylic oxidation sites excluding steroid dienone is 2. The van der Waals surface area contributed by atoms with Gasteiger partial charge >= 0.3 is 0 Å². The molecule has 2 bridgehead atoms. The highest BCUT2D eigenvalue weighted by molar-refractivity contribution is 5.82. The zero-order chi connectivity index (χ0) is 11.6. The summed E-state index contributed by atoms with van der Waals surface area (Å²) in [5.41, 5.74) is 3.32. The van der Waals surface area contributed by atoms with E-state index < -0.39 is 0 Å². The number of carbonyl (C=O) groups is 1. The van der Waals surface area contributed by atoms with Crippen LogP contribution in [0, 0.1) is 22.7 Å². The van der Waals surface area contributed by atoms with Gasteiger partial charge in [-0.15, -0.1) is 0 Å². The first kappa shape index (κ1) is 10.9. The van der Waals surface area contributed by atoms with Crippen LogP contribution in [-0.4, -0.2) is 5.78 Å².